The van der Waals surface area contributed by atoms with E-state index in [9.17, 15) is 4.79 Å². The lowest BCUT2D eigenvalue weighted by molar-refractivity contribution is -0.125. The van der Waals surface area contributed by atoms with Crippen molar-refractivity contribution in [3.8, 4) is 0 Å². The highest BCUT2D eigenvalue weighted by atomic mass is 16.1. The number of nitrogens with one attached hydrogen (secondary N) is 1. The Morgan fingerprint density at radius 1 is 1.25 bits per heavy atom. The SMILES string of the molecule is CCCN(C)CCC(NCC)(C(N)=O)c1ccccc1. The average Bonchev–Trinajstić information content (AvgIpc) is 2.44. The van der Waals surface area contributed by atoms with E-state index in [2.05, 4.69) is 24.2 Å². The zero-order valence-corrected chi connectivity index (χ0v) is 12.9. The van der Waals surface area contributed by atoms with Crippen LogP contribution in [0.3, 0.4) is 0 Å². The van der Waals surface area contributed by atoms with Gasteiger partial charge in [-0.2, -0.15) is 0 Å². The minimum atomic E-state index is -0.780. The molecule has 1 aromatic carbocycles. The summed E-state index contributed by atoms with van der Waals surface area (Å²) in [6, 6.07) is 9.77. The van der Waals surface area contributed by atoms with E-state index in [-0.39, 0.29) is 5.91 Å². The molecule has 0 aromatic heterocycles. The van der Waals surface area contributed by atoms with Gasteiger partial charge in [0.1, 0.15) is 5.54 Å². The molecule has 0 saturated carbocycles. The van der Waals surface area contributed by atoms with Crippen LogP contribution in [0.4, 0.5) is 0 Å². The van der Waals surface area contributed by atoms with E-state index in [0.29, 0.717) is 13.0 Å². The van der Waals surface area contributed by atoms with Crippen LogP contribution in [0.2, 0.25) is 0 Å². The maximum absolute atomic E-state index is 12.1. The molecule has 1 aromatic rings. The first-order valence-corrected chi connectivity index (χ1v) is 7.35. The van der Waals surface area contributed by atoms with Crippen LogP contribution < -0.4 is 11.1 Å². The molecule has 0 bridgehead atoms. The van der Waals surface area contributed by atoms with Crippen LogP contribution in [0, 0.1) is 0 Å². The van der Waals surface area contributed by atoms with Crippen molar-refractivity contribution in [2.45, 2.75) is 32.2 Å². The number of nitrogens with two attached hydrogens (primary N) is 1. The molecule has 1 rings (SSSR count). The van der Waals surface area contributed by atoms with Crippen molar-refractivity contribution in [1.82, 2.24) is 10.2 Å². The fourth-order valence-corrected chi connectivity index (χ4v) is 2.56. The summed E-state index contributed by atoms with van der Waals surface area (Å²) >= 11 is 0. The van der Waals surface area contributed by atoms with Crippen LogP contribution in [0.25, 0.3) is 0 Å². The third kappa shape index (κ3) is 4.05. The van der Waals surface area contributed by atoms with Gasteiger partial charge in [0.15, 0.2) is 0 Å². The Bertz CT molecular complexity index is 407. The second-order valence-corrected chi connectivity index (χ2v) is 5.22. The fourth-order valence-electron chi connectivity index (χ4n) is 2.56. The Labute approximate surface area is 122 Å². The first-order chi connectivity index (χ1) is 9.56. The van der Waals surface area contributed by atoms with Gasteiger partial charge < -0.3 is 10.6 Å². The monoisotopic (exact) mass is 277 g/mol. The van der Waals surface area contributed by atoms with Gasteiger partial charge in [-0.3, -0.25) is 10.1 Å². The molecule has 0 heterocycles. The van der Waals surface area contributed by atoms with Crippen molar-refractivity contribution in [1.29, 1.82) is 0 Å². The van der Waals surface area contributed by atoms with E-state index in [1.54, 1.807) is 0 Å². The highest BCUT2D eigenvalue weighted by Crippen LogP contribution is 2.25. The molecule has 4 nitrogen and oxygen atoms in total. The Kier molecular flexibility index (Phi) is 6.68. The quantitative estimate of drug-likeness (QED) is 0.722. The predicted molar refractivity (Wildman–Crippen MR) is 83.4 cm³/mol. The van der Waals surface area contributed by atoms with Gasteiger partial charge in [-0.05, 0) is 38.5 Å². The number of amides is 1. The fraction of sp³-hybridized carbons (Fsp3) is 0.562. The summed E-state index contributed by atoms with van der Waals surface area (Å²) < 4.78 is 0. The molecule has 0 saturated heterocycles. The maximum Gasteiger partial charge on any atom is 0.242 e. The number of hydrogen-bond acceptors (Lipinski definition) is 3. The molecule has 0 spiro atoms. The highest BCUT2D eigenvalue weighted by Gasteiger charge is 2.37. The Morgan fingerprint density at radius 2 is 1.90 bits per heavy atom. The lowest BCUT2D eigenvalue weighted by Crippen LogP contribution is -2.54. The van der Waals surface area contributed by atoms with E-state index in [0.717, 1.165) is 25.1 Å². The minimum absolute atomic E-state index is 0.310. The second-order valence-electron chi connectivity index (χ2n) is 5.22. The first kappa shape index (κ1) is 16.7. The smallest absolute Gasteiger partial charge is 0.242 e. The molecule has 0 fully saturated rings. The van der Waals surface area contributed by atoms with Gasteiger partial charge in [0.05, 0.1) is 0 Å². The summed E-state index contributed by atoms with van der Waals surface area (Å²) in [5.74, 6) is -0.310. The van der Waals surface area contributed by atoms with E-state index < -0.39 is 5.54 Å². The van der Waals surface area contributed by atoms with Crippen molar-refractivity contribution in [3.63, 3.8) is 0 Å². The average molecular weight is 277 g/mol. The van der Waals surface area contributed by atoms with Crippen LogP contribution in [0.1, 0.15) is 32.3 Å². The van der Waals surface area contributed by atoms with Gasteiger partial charge in [-0.1, -0.05) is 44.2 Å². The highest BCUT2D eigenvalue weighted by molar-refractivity contribution is 5.86. The topological polar surface area (TPSA) is 58.4 Å². The Balaban J connectivity index is 2.97. The van der Waals surface area contributed by atoms with Gasteiger partial charge >= 0.3 is 0 Å². The normalized spacial score (nSPS) is 14.2. The summed E-state index contributed by atoms with van der Waals surface area (Å²) in [6.07, 6.45) is 1.78. The standard InChI is InChI=1S/C16H27N3O/c1-4-12-19(3)13-11-16(15(17)20,18-5-2)14-9-7-6-8-10-14/h6-10,18H,4-5,11-13H2,1-3H3,(H2,17,20). The van der Waals surface area contributed by atoms with Crippen LogP contribution in [0.15, 0.2) is 30.3 Å². The summed E-state index contributed by atoms with van der Waals surface area (Å²) in [5, 5.41) is 3.31. The molecule has 112 valence electrons. The molecular weight excluding hydrogens is 250 g/mol. The van der Waals surface area contributed by atoms with Gasteiger partial charge in [0.25, 0.3) is 0 Å². The second kappa shape index (κ2) is 8.02. The van der Waals surface area contributed by atoms with Crippen molar-refractivity contribution in [2.24, 2.45) is 5.73 Å². The minimum Gasteiger partial charge on any atom is -0.368 e. The van der Waals surface area contributed by atoms with E-state index >= 15 is 0 Å². The van der Waals surface area contributed by atoms with Crippen LogP contribution in [-0.2, 0) is 10.3 Å². The molecule has 0 aliphatic heterocycles. The molecule has 0 aliphatic rings. The van der Waals surface area contributed by atoms with Gasteiger partial charge in [-0.15, -0.1) is 0 Å². The number of rotatable bonds is 9. The predicted octanol–water partition coefficient (Wildman–Crippen LogP) is 1.71. The number of carbonyl (C=O) groups is 1. The summed E-state index contributed by atoms with van der Waals surface area (Å²) in [5.41, 5.74) is 5.89. The van der Waals surface area contributed by atoms with E-state index in [4.69, 9.17) is 5.73 Å². The molecule has 20 heavy (non-hydrogen) atoms. The van der Waals surface area contributed by atoms with Crippen molar-refractivity contribution < 1.29 is 4.79 Å². The lowest BCUT2D eigenvalue weighted by Gasteiger charge is -2.33. The lowest BCUT2D eigenvalue weighted by atomic mass is 9.85. The largest absolute Gasteiger partial charge is 0.368 e. The first-order valence-electron chi connectivity index (χ1n) is 7.35. The van der Waals surface area contributed by atoms with Crippen molar-refractivity contribution in [2.75, 3.05) is 26.7 Å². The van der Waals surface area contributed by atoms with E-state index in [1.807, 2.05) is 37.3 Å². The zero-order chi connectivity index (χ0) is 15.0. The molecular formula is C16H27N3O. The van der Waals surface area contributed by atoms with Crippen molar-refractivity contribution in [3.05, 3.63) is 35.9 Å². The Morgan fingerprint density at radius 3 is 2.40 bits per heavy atom. The molecule has 4 heteroatoms. The molecule has 1 amide bonds. The van der Waals surface area contributed by atoms with Crippen LogP contribution in [0.5, 0.6) is 0 Å². The summed E-state index contributed by atoms with van der Waals surface area (Å²) in [4.78, 5) is 14.4. The molecule has 0 aliphatic carbocycles. The zero-order valence-electron chi connectivity index (χ0n) is 12.9. The van der Waals surface area contributed by atoms with Crippen molar-refractivity contribution >= 4 is 5.91 Å². The third-order valence-electron chi connectivity index (χ3n) is 3.64. The number of primary amides is 1. The van der Waals surface area contributed by atoms with Gasteiger partial charge in [0.2, 0.25) is 5.91 Å². The molecule has 1 unspecified atom stereocenters. The van der Waals surface area contributed by atoms with Gasteiger partial charge in [0, 0.05) is 6.54 Å². The third-order valence-corrected chi connectivity index (χ3v) is 3.64. The molecule has 0 radical (unpaired) electrons. The number of likely N-dealkylation sites (N-methyl/N-ethyl adjacent to an activating group) is 1. The van der Waals surface area contributed by atoms with Gasteiger partial charge in [-0.25, -0.2) is 0 Å². The number of benzene rings is 1. The van der Waals surface area contributed by atoms with Crippen LogP contribution in [-0.4, -0.2) is 37.5 Å². The summed E-state index contributed by atoms with van der Waals surface area (Å²) in [6.45, 7) is 6.71. The van der Waals surface area contributed by atoms with E-state index in [1.165, 1.54) is 0 Å². The molecule has 1 atom stereocenters. The summed E-state index contributed by atoms with van der Waals surface area (Å²) in [7, 11) is 2.08. The number of nitrogens with zero attached hydrogens (tertiary/aromatic N) is 1. The molecule has 3 N–H and O–H groups in total. The maximum atomic E-state index is 12.1. The number of carbonyl (C=O) groups excluding carboxylic acids is 1. The Hall–Kier alpha value is -1.39. The number of hydrogen-bond donors (Lipinski definition) is 2. The van der Waals surface area contributed by atoms with Crippen LogP contribution >= 0.6 is 0 Å².